The van der Waals surface area contributed by atoms with E-state index in [0.717, 1.165) is 12.8 Å². The second-order valence-electron chi connectivity index (χ2n) is 3.92. The highest BCUT2D eigenvalue weighted by atomic mass is 19.3. The Morgan fingerprint density at radius 3 is 2.33 bits per heavy atom. The largest absolute Gasteiger partial charge is 0.328 e. The standard InChI is InChI=1S/C9H17F2N/c1-7(12)6-9(10,11)8-4-2-3-5-8/h7-8H,2-6,12H2,1H3. The van der Waals surface area contributed by atoms with Gasteiger partial charge in [0.15, 0.2) is 0 Å². The number of hydrogen-bond acceptors (Lipinski definition) is 1. The summed E-state index contributed by atoms with van der Waals surface area (Å²) in [6.07, 6.45) is 3.12. The first-order chi connectivity index (χ1) is 5.52. The van der Waals surface area contributed by atoms with Crippen LogP contribution in [0.3, 0.4) is 0 Å². The lowest BCUT2D eigenvalue weighted by Crippen LogP contribution is -2.33. The molecule has 1 nitrogen and oxygen atoms in total. The average Bonchev–Trinajstić information content (AvgIpc) is 2.32. The van der Waals surface area contributed by atoms with E-state index in [1.54, 1.807) is 6.92 Å². The van der Waals surface area contributed by atoms with Gasteiger partial charge in [-0.3, -0.25) is 0 Å². The molecule has 1 aliphatic rings. The van der Waals surface area contributed by atoms with Crippen molar-refractivity contribution in [1.29, 1.82) is 0 Å². The van der Waals surface area contributed by atoms with Crippen LogP contribution >= 0.6 is 0 Å². The summed E-state index contributed by atoms with van der Waals surface area (Å²) in [5.41, 5.74) is 5.37. The van der Waals surface area contributed by atoms with Gasteiger partial charge in [0, 0.05) is 18.4 Å². The molecule has 1 atom stereocenters. The van der Waals surface area contributed by atoms with Crippen LogP contribution in [0.5, 0.6) is 0 Å². The number of rotatable bonds is 3. The summed E-state index contributed by atoms with van der Waals surface area (Å²) < 4.78 is 26.6. The Kier molecular flexibility index (Phi) is 3.04. The van der Waals surface area contributed by atoms with Crippen molar-refractivity contribution < 1.29 is 8.78 Å². The first-order valence-electron chi connectivity index (χ1n) is 4.66. The average molecular weight is 177 g/mol. The van der Waals surface area contributed by atoms with Gasteiger partial charge in [-0.2, -0.15) is 0 Å². The van der Waals surface area contributed by atoms with Gasteiger partial charge < -0.3 is 5.73 Å². The van der Waals surface area contributed by atoms with Gasteiger partial charge in [-0.25, -0.2) is 8.78 Å². The zero-order valence-electron chi connectivity index (χ0n) is 7.52. The van der Waals surface area contributed by atoms with E-state index in [0.29, 0.717) is 12.8 Å². The van der Waals surface area contributed by atoms with E-state index in [1.807, 2.05) is 0 Å². The van der Waals surface area contributed by atoms with E-state index in [1.165, 1.54) is 0 Å². The van der Waals surface area contributed by atoms with E-state index in [9.17, 15) is 8.78 Å². The summed E-state index contributed by atoms with van der Waals surface area (Å²) in [4.78, 5) is 0. The number of alkyl halides is 2. The Labute approximate surface area is 72.3 Å². The predicted octanol–water partition coefficient (Wildman–Crippen LogP) is 2.55. The van der Waals surface area contributed by atoms with Crippen molar-refractivity contribution in [2.45, 2.75) is 51.0 Å². The third-order valence-electron chi connectivity index (χ3n) is 2.55. The first kappa shape index (κ1) is 9.90. The molecule has 0 aromatic heterocycles. The maximum atomic E-state index is 13.3. The van der Waals surface area contributed by atoms with Gasteiger partial charge in [0.2, 0.25) is 0 Å². The van der Waals surface area contributed by atoms with Crippen molar-refractivity contribution in [2.75, 3.05) is 0 Å². The maximum Gasteiger partial charge on any atom is 0.252 e. The number of nitrogens with two attached hydrogens (primary N) is 1. The number of halogens is 2. The van der Waals surface area contributed by atoms with E-state index < -0.39 is 11.8 Å². The molecule has 0 saturated heterocycles. The minimum atomic E-state index is -2.52. The Hall–Kier alpha value is -0.180. The van der Waals surface area contributed by atoms with Crippen LogP contribution in [-0.4, -0.2) is 12.0 Å². The molecule has 0 amide bonds. The first-order valence-corrected chi connectivity index (χ1v) is 4.66. The molecule has 1 unspecified atom stereocenters. The molecule has 0 radical (unpaired) electrons. The van der Waals surface area contributed by atoms with Crippen LogP contribution in [0.25, 0.3) is 0 Å². The lowest BCUT2D eigenvalue weighted by molar-refractivity contribution is -0.0664. The van der Waals surface area contributed by atoms with Gasteiger partial charge in [-0.15, -0.1) is 0 Å². The molecule has 72 valence electrons. The van der Waals surface area contributed by atoms with Crippen LogP contribution in [0, 0.1) is 5.92 Å². The zero-order chi connectivity index (χ0) is 9.19. The van der Waals surface area contributed by atoms with E-state index in [-0.39, 0.29) is 12.5 Å². The number of hydrogen-bond donors (Lipinski definition) is 1. The van der Waals surface area contributed by atoms with Gasteiger partial charge in [0.25, 0.3) is 5.92 Å². The molecule has 3 heteroatoms. The van der Waals surface area contributed by atoms with E-state index >= 15 is 0 Å². The summed E-state index contributed by atoms with van der Waals surface area (Å²) in [6.45, 7) is 1.64. The smallest absolute Gasteiger partial charge is 0.252 e. The molecule has 0 aliphatic heterocycles. The summed E-state index contributed by atoms with van der Waals surface area (Å²) in [6, 6.07) is -0.388. The summed E-state index contributed by atoms with van der Waals surface area (Å²) in [5, 5.41) is 0. The van der Waals surface area contributed by atoms with Crippen molar-refractivity contribution in [3.8, 4) is 0 Å². The molecule has 0 heterocycles. The van der Waals surface area contributed by atoms with Gasteiger partial charge in [-0.05, 0) is 19.8 Å². The highest BCUT2D eigenvalue weighted by Crippen LogP contribution is 2.40. The SMILES string of the molecule is CC(N)CC(F)(F)C1CCCC1. The highest BCUT2D eigenvalue weighted by molar-refractivity contribution is 4.83. The Balaban J connectivity index is 2.45. The molecule has 1 aliphatic carbocycles. The van der Waals surface area contributed by atoms with Crippen molar-refractivity contribution >= 4 is 0 Å². The van der Waals surface area contributed by atoms with Crippen LogP contribution < -0.4 is 5.73 Å². The molecule has 2 N–H and O–H groups in total. The van der Waals surface area contributed by atoms with Crippen molar-refractivity contribution in [3.05, 3.63) is 0 Å². The molecule has 1 fully saturated rings. The van der Waals surface area contributed by atoms with Crippen LogP contribution in [0.2, 0.25) is 0 Å². The minimum Gasteiger partial charge on any atom is -0.328 e. The van der Waals surface area contributed by atoms with Crippen LogP contribution in [-0.2, 0) is 0 Å². The lowest BCUT2D eigenvalue weighted by Gasteiger charge is -2.24. The highest BCUT2D eigenvalue weighted by Gasteiger charge is 2.40. The summed E-state index contributed by atoms with van der Waals surface area (Å²) in [7, 11) is 0. The third-order valence-corrected chi connectivity index (χ3v) is 2.55. The minimum absolute atomic E-state index is 0.155. The van der Waals surface area contributed by atoms with Gasteiger partial charge >= 0.3 is 0 Å². The predicted molar refractivity (Wildman–Crippen MR) is 45.2 cm³/mol. The van der Waals surface area contributed by atoms with Crippen LogP contribution in [0.4, 0.5) is 8.78 Å². The Morgan fingerprint density at radius 2 is 1.92 bits per heavy atom. The quantitative estimate of drug-likeness (QED) is 0.704. The molecule has 0 bridgehead atoms. The topological polar surface area (TPSA) is 26.0 Å². The monoisotopic (exact) mass is 177 g/mol. The maximum absolute atomic E-state index is 13.3. The molecule has 12 heavy (non-hydrogen) atoms. The molecular formula is C9H17F2N. The van der Waals surface area contributed by atoms with E-state index in [2.05, 4.69) is 0 Å². The van der Waals surface area contributed by atoms with Gasteiger partial charge in [-0.1, -0.05) is 12.8 Å². The van der Waals surface area contributed by atoms with Crippen molar-refractivity contribution in [2.24, 2.45) is 11.7 Å². The summed E-state index contributed by atoms with van der Waals surface area (Å²) in [5.74, 6) is -2.92. The normalized spacial score (nSPS) is 23.0. The van der Waals surface area contributed by atoms with Gasteiger partial charge in [0.1, 0.15) is 0 Å². The molecule has 1 rings (SSSR count). The van der Waals surface area contributed by atoms with Gasteiger partial charge in [0.05, 0.1) is 0 Å². The molecular weight excluding hydrogens is 160 g/mol. The molecule has 1 saturated carbocycles. The zero-order valence-corrected chi connectivity index (χ0v) is 7.52. The molecule has 0 aromatic carbocycles. The van der Waals surface area contributed by atoms with E-state index in [4.69, 9.17) is 5.73 Å². The fourth-order valence-electron chi connectivity index (χ4n) is 1.94. The van der Waals surface area contributed by atoms with Crippen LogP contribution in [0.1, 0.15) is 39.0 Å². The Morgan fingerprint density at radius 1 is 1.42 bits per heavy atom. The van der Waals surface area contributed by atoms with Crippen molar-refractivity contribution in [3.63, 3.8) is 0 Å². The lowest BCUT2D eigenvalue weighted by atomic mass is 9.94. The second kappa shape index (κ2) is 3.69. The summed E-state index contributed by atoms with van der Waals surface area (Å²) >= 11 is 0. The second-order valence-corrected chi connectivity index (χ2v) is 3.92. The Bertz CT molecular complexity index is 139. The van der Waals surface area contributed by atoms with Crippen molar-refractivity contribution in [1.82, 2.24) is 0 Å². The third kappa shape index (κ3) is 2.41. The van der Waals surface area contributed by atoms with Crippen LogP contribution in [0.15, 0.2) is 0 Å². The molecule has 0 spiro atoms. The molecule has 0 aromatic rings. The fraction of sp³-hybridized carbons (Fsp3) is 1.00. The fourth-order valence-corrected chi connectivity index (χ4v) is 1.94.